The zero-order valence-electron chi connectivity index (χ0n) is 18.8. The molecule has 1 saturated heterocycles. The highest BCUT2D eigenvalue weighted by Crippen LogP contribution is 2.84. The highest BCUT2D eigenvalue weighted by atomic mass is 16.6. The van der Waals surface area contributed by atoms with Crippen LogP contribution in [0.3, 0.4) is 0 Å². The summed E-state index contributed by atoms with van der Waals surface area (Å²) in [7, 11) is 0. The maximum absolute atomic E-state index is 14.3. The lowest BCUT2D eigenvalue weighted by molar-refractivity contribution is -0.156. The lowest BCUT2D eigenvalue weighted by Crippen LogP contribution is -2.67. The summed E-state index contributed by atoms with van der Waals surface area (Å²) in [6.07, 6.45) is 0. The van der Waals surface area contributed by atoms with Crippen molar-refractivity contribution in [1.29, 1.82) is 0 Å². The fourth-order valence-electron chi connectivity index (χ4n) is 9.13. The van der Waals surface area contributed by atoms with E-state index in [1.54, 1.807) is 0 Å². The predicted molar refractivity (Wildman–Crippen MR) is 129 cm³/mol. The average molecular weight is 453 g/mol. The summed E-state index contributed by atoms with van der Waals surface area (Å²) < 4.78 is 5.85. The van der Waals surface area contributed by atoms with Crippen LogP contribution in [0, 0.1) is 10.8 Å². The normalized spacial score (nSPS) is 33.7. The van der Waals surface area contributed by atoms with E-state index in [1.807, 2.05) is 0 Å². The van der Waals surface area contributed by atoms with Gasteiger partial charge in [-0.3, -0.25) is 9.59 Å². The van der Waals surface area contributed by atoms with Crippen molar-refractivity contribution in [1.82, 2.24) is 0 Å². The van der Waals surface area contributed by atoms with Crippen molar-refractivity contribution < 1.29 is 14.3 Å². The van der Waals surface area contributed by atoms with Crippen molar-refractivity contribution in [2.45, 2.75) is 23.7 Å². The Bertz CT molecular complexity index is 1340. The van der Waals surface area contributed by atoms with Gasteiger partial charge in [-0.15, -0.1) is 0 Å². The molecule has 3 nitrogen and oxygen atoms in total. The Balaban J connectivity index is 1.55. The molecule has 1 fully saturated rings. The smallest absolute Gasteiger partial charge is 0.322 e. The second kappa shape index (κ2) is 5.63. The molecule has 7 aliphatic rings. The Morgan fingerprint density at radius 3 is 0.800 bits per heavy atom. The number of cyclic esters (lactones) is 2. The van der Waals surface area contributed by atoms with Gasteiger partial charge in [-0.05, 0) is 44.5 Å². The molecule has 0 amide bonds. The second-order valence-electron chi connectivity index (χ2n) is 10.7. The number of carbonyl (C=O) groups is 2. The first-order valence-electron chi connectivity index (χ1n) is 12.3. The van der Waals surface area contributed by atoms with Gasteiger partial charge in [0.05, 0.1) is 0 Å². The molecule has 4 aromatic carbocycles. The van der Waals surface area contributed by atoms with Gasteiger partial charge in [0.2, 0.25) is 0 Å². The number of benzene rings is 4. The molecular weight excluding hydrogens is 432 g/mol. The Labute approximate surface area is 202 Å². The minimum absolute atomic E-state index is 0.243. The van der Waals surface area contributed by atoms with E-state index in [1.165, 1.54) is 44.5 Å². The van der Waals surface area contributed by atoms with E-state index in [0.717, 1.165) is 0 Å². The van der Waals surface area contributed by atoms with Gasteiger partial charge < -0.3 is 4.74 Å². The van der Waals surface area contributed by atoms with Crippen molar-refractivity contribution >= 4 is 11.9 Å². The first-order valence-corrected chi connectivity index (χ1v) is 12.3. The van der Waals surface area contributed by atoms with Gasteiger partial charge in [0.15, 0.2) is 0 Å². The molecule has 0 spiro atoms. The molecule has 11 rings (SSSR count). The molecule has 1 heterocycles. The Morgan fingerprint density at radius 1 is 0.400 bits per heavy atom. The molecule has 0 atom stereocenters. The molecule has 35 heavy (non-hydrogen) atoms. The van der Waals surface area contributed by atoms with Gasteiger partial charge in [0.1, 0.15) is 10.8 Å². The van der Waals surface area contributed by atoms with Crippen LogP contribution in [0.5, 0.6) is 0 Å². The minimum atomic E-state index is -1.01. The summed E-state index contributed by atoms with van der Waals surface area (Å²) in [5.74, 6) is -1.66. The molecule has 3 heteroatoms. The number of rotatable bonds is 0. The van der Waals surface area contributed by atoms with Crippen LogP contribution in [0.1, 0.15) is 68.2 Å². The number of carbonyl (C=O) groups excluding carboxylic acids is 2. The summed E-state index contributed by atoms with van der Waals surface area (Å²) in [5.41, 5.74) is 7.32. The zero-order valence-corrected chi connectivity index (χ0v) is 18.8. The van der Waals surface area contributed by atoms with Gasteiger partial charge in [-0.2, -0.15) is 0 Å². The van der Waals surface area contributed by atoms with Crippen LogP contribution in [0.15, 0.2) is 97.1 Å². The number of hydrogen-bond acceptors (Lipinski definition) is 3. The third kappa shape index (κ3) is 1.61. The SMILES string of the molecule is O=C1OC(=O)C23C4c5ccccc5C(c5ccccc54)C12C1c2ccccc2C3c2ccccc21. The van der Waals surface area contributed by atoms with Crippen molar-refractivity contribution in [2.75, 3.05) is 0 Å². The van der Waals surface area contributed by atoms with Gasteiger partial charge >= 0.3 is 11.9 Å². The van der Waals surface area contributed by atoms with Crippen molar-refractivity contribution in [3.05, 3.63) is 142 Å². The van der Waals surface area contributed by atoms with Crippen molar-refractivity contribution in [3.8, 4) is 0 Å². The van der Waals surface area contributed by atoms with E-state index >= 15 is 0 Å². The quantitative estimate of drug-likeness (QED) is 0.257. The van der Waals surface area contributed by atoms with E-state index in [0.29, 0.717) is 0 Å². The van der Waals surface area contributed by atoms with Crippen LogP contribution in [-0.2, 0) is 14.3 Å². The number of esters is 2. The monoisotopic (exact) mass is 452 g/mol. The van der Waals surface area contributed by atoms with Crippen molar-refractivity contribution in [2.24, 2.45) is 10.8 Å². The van der Waals surface area contributed by atoms with E-state index in [-0.39, 0.29) is 35.6 Å². The first-order chi connectivity index (χ1) is 17.2. The van der Waals surface area contributed by atoms with Crippen LogP contribution in [0.4, 0.5) is 0 Å². The van der Waals surface area contributed by atoms with Crippen LogP contribution < -0.4 is 0 Å². The molecular formula is C32H20O3. The molecule has 1 aliphatic heterocycles. The first kappa shape index (κ1) is 18.4. The molecule has 6 aliphatic carbocycles. The zero-order chi connectivity index (χ0) is 23.1. The highest BCUT2D eigenvalue weighted by Gasteiger charge is 2.86. The van der Waals surface area contributed by atoms with E-state index in [9.17, 15) is 9.59 Å². The Morgan fingerprint density at radius 2 is 0.600 bits per heavy atom. The highest BCUT2D eigenvalue weighted by molar-refractivity contribution is 6.09. The van der Waals surface area contributed by atoms with Gasteiger partial charge in [-0.25, -0.2) is 0 Å². The number of ether oxygens (including phenoxy) is 1. The summed E-state index contributed by atoms with van der Waals surface area (Å²) in [6.45, 7) is 0. The molecule has 0 radical (unpaired) electrons. The molecule has 0 aromatic heterocycles. The molecule has 4 aromatic rings. The number of hydrogen-bond donors (Lipinski definition) is 0. The molecule has 166 valence electrons. The van der Waals surface area contributed by atoms with E-state index in [4.69, 9.17) is 4.74 Å². The third-order valence-corrected chi connectivity index (χ3v) is 9.84. The average Bonchev–Trinajstić information content (AvgIpc) is 3.16. The van der Waals surface area contributed by atoms with Crippen molar-refractivity contribution in [3.63, 3.8) is 0 Å². The van der Waals surface area contributed by atoms with Crippen LogP contribution in [0.2, 0.25) is 0 Å². The predicted octanol–water partition coefficient (Wildman–Crippen LogP) is 5.62. The van der Waals surface area contributed by atoms with Gasteiger partial charge in [-0.1, -0.05) is 97.1 Å². The molecule has 0 saturated carbocycles. The summed E-state index contributed by atoms with van der Waals surface area (Å²) in [6, 6.07) is 33.8. The fraction of sp³-hybridized carbons (Fsp3) is 0.188. The molecule has 0 unspecified atom stereocenters. The third-order valence-electron chi connectivity index (χ3n) is 9.84. The maximum Gasteiger partial charge on any atom is 0.322 e. The summed E-state index contributed by atoms with van der Waals surface area (Å²) in [5, 5.41) is 0. The fourth-order valence-corrected chi connectivity index (χ4v) is 9.13. The van der Waals surface area contributed by atoms with Crippen LogP contribution >= 0.6 is 0 Å². The summed E-state index contributed by atoms with van der Waals surface area (Å²) >= 11 is 0. The van der Waals surface area contributed by atoms with Crippen LogP contribution in [0.25, 0.3) is 0 Å². The lowest BCUT2D eigenvalue weighted by Gasteiger charge is -2.68. The molecule has 0 N–H and O–H groups in total. The standard InChI is InChI=1S/C32H20O3/c33-29-31-25-17-9-1-2-10-18(17)26(20-12-4-3-11-19(20)25)32(31,30(34)35-29)28-23-15-7-5-13-21(23)27(31)22-14-6-8-16-24(22)28/h1-16,25-28H. The Hall–Kier alpha value is -3.98. The molecule has 4 bridgehead atoms. The largest absolute Gasteiger partial charge is 0.392 e. The van der Waals surface area contributed by atoms with E-state index in [2.05, 4.69) is 97.1 Å². The van der Waals surface area contributed by atoms with E-state index < -0.39 is 10.8 Å². The van der Waals surface area contributed by atoms with Gasteiger partial charge in [0, 0.05) is 23.7 Å². The summed E-state index contributed by atoms with van der Waals surface area (Å²) in [4.78, 5) is 28.7. The second-order valence-corrected chi connectivity index (χ2v) is 10.7. The van der Waals surface area contributed by atoms with Gasteiger partial charge in [0.25, 0.3) is 0 Å². The topological polar surface area (TPSA) is 43.4 Å². The Kier molecular flexibility index (Phi) is 2.95. The van der Waals surface area contributed by atoms with Crippen LogP contribution in [-0.4, -0.2) is 11.9 Å². The maximum atomic E-state index is 14.3. The minimum Gasteiger partial charge on any atom is -0.392 e. The lowest BCUT2D eigenvalue weighted by atomic mass is 9.29.